The van der Waals surface area contributed by atoms with Crippen molar-refractivity contribution in [3.63, 3.8) is 0 Å². The molecule has 0 aliphatic rings. The number of para-hydroxylation sites is 2. The SMILES string of the molecule is COc1ccc(CCNC(=O)Cn2c(C(F)(F)F)nc3ccccc32)cc1. The number of hydrogen-bond acceptors (Lipinski definition) is 3. The second kappa shape index (κ2) is 7.69. The molecular formula is C19H18F3N3O2. The lowest BCUT2D eigenvalue weighted by Gasteiger charge is -2.12. The van der Waals surface area contributed by atoms with Gasteiger partial charge in [0.25, 0.3) is 0 Å². The number of nitrogens with zero attached hydrogens (tertiary/aromatic N) is 2. The van der Waals surface area contributed by atoms with Crippen molar-refractivity contribution in [3.8, 4) is 5.75 Å². The lowest BCUT2D eigenvalue weighted by molar-refractivity contribution is -0.147. The number of aromatic nitrogens is 2. The van der Waals surface area contributed by atoms with Crippen molar-refractivity contribution in [1.29, 1.82) is 0 Å². The van der Waals surface area contributed by atoms with E-state index >= 15 is 0 Å². The maximum Gasteiger partial charge on any atom is 0.449 e. The molecule has 0 saturated heterocycles. The number of rotatable bonds is 6. The minimum Gasteiger partial charge on any atom is -0.497 e. The third-order valence-electron chi connectivity index (χ3n) is 4.10. The van der Waals surface area contributed by atoms with E-state index in [9.17, 15) is 18.0 Å². The first kappa shape index (κ1) is 18.8. The van der Waals surface area contributed by atoms with Gasteiger partial charge in [-0.15, -0.1) is 0 Å². The number of carbonyl (C=O) groups is 1. The lowest BCUT2D eigenvalue weighted by atomic mass is 10.1. The van der Waals surface area contributed by atoms with Gasteiger partial charge in [0.1, 0.15) is 12.3 Å². The lowest BCUT2D eigenvalue weighted by Crippen LogP contribution is -2.31. The van der Waals surface area contributed by atoms with Crippen molar-refractivity contribution in [2.75, 3.05) is 13.7 Å². The molecule has 27 heavy (non-hydrogen) atoms. The summed E-state index contributed by atoms with van der Waals surface area (Å²) in [6.45, 7) is -0.128. The van der Waals surface area contributed by atoms with Crippen molar-refractivity contribution < 1.29 is 22.7 Å². The van der Waals surface area contributed by atoms with Crippen LogP contribution in [0.25, 0.3) is 11.0 Å². The second-order valence-corrected chi connectivity index (χ2v) is 5.96. The van der Waals surface area contributed by atoms with E-state index in [1.807, 2.05) is 24.3 Å². The number of amides is 1. The van der Waals surface area contributed by atoms with Crippen LogP contribution in [0.4, 0.5) is 13.2 Å². The predicted molar refractivity (Wildman–Crippen MR) is 94.4 cm³/mol. The van der Waals surface area contributed by atoms with E-state index in [4.69, 9.17) is 4.74 Å². The quantitative estimate of drug-likeness (QED) is 0.716. The third kappa shape index (κ3) is 4.39. The molecule has 1 N–H and O–H groups in total. The van der Waals surface area contributed by atoms with Gasteiger partial charge in [0.15, 0.2) is 0 Å². The van der Waals surface area contributed by atoms with Crippen LogP contribution in [0, 0.1) is 0 Å². The summed E-state index contributed by atoms with van der Waals surface area (Å²) in [6, 6.07) is 13.6. The molecule has 0 spiro atoms. The van der Waals surface area contributed by atoms with Gasteiger partial charge in [0, 0.05) is 6.54 Å². The Labute approximate surface area is 153 Å². The van der Waals surface area contributed by atoms with Crippen molar-refractivity contribution in [2.45, 2.75) is 19.1 Å². The minimum absolute atomic E-state index is 0.204. The van der Waals surface area contributed by atoms with E-state index in [2.05, 4.69) is 10.3 Å². The van der Waals surface area contributed by atoms with Crippen molar-refractivity contribution >= 4 is 16.9 Å². The van der Waals surface area contributed by atoms with Crippen molar-refractivity contribution in [2.24, 2.45) is 0 Å². The number of alkyl halides is 3. The Morgan fingerprint density at radius 3 is 2.52 bits per heavy atom. The zero-order valence-electron chi connectivity index (χ0n) is 14.6. The van der Waals surface area contributed by atoms with Gasteiger partial charge < -0.3 is 14.6 Å². The predicted octanol–water partition coefficient (Wildman–Crippen LogP) is 3.42. The van der Waals surface area contributed by atoms with E-state index in [1.165, 1.54) is 12.1 Å². The first-order chi connectivity index (χ1) is 12.9. The highest BCUT2D eigenvalue weighted by Gasteiger charge is 2.37. The minimum atomic E-state index is -4.64. The average Bonchev–Trinajstić information content (AvgIpc) is 3.01. The van der Waals surface area contributed by atoms with E-state index in [1.54, 1.807) is 19.2 Å². The second-order valence-electron chi connectivity index (χ2n) is 5.96. The first-order valence-corrected chi connectivity index (χ1v) is 8.30. The van der Waals surface area contributed by atoms with Gasteiger partial charge in [0.05, 0.1) is 18.1 Å². The molecule has 8 heteroatoms. The molecule has 1 amide bonds. The number of fused-ring (bicyclic) bond motifs is 1. The number of hydrogen-bond donors (Lipinski definition) is 1. The summed E-state index contributed by atoms with van der Waals surface area (Å²) < 4.78 is 45.7. The van der Waals surface area contributed by atoms with Crippen molar-refractivity contribution in [3.05, 3.63) is 59.9 Å². The molecule has 3 rings (SSSR count). The normalized spacial score (nSPS) is 11.6. The summed E-state index contributed by atoms with van der Waals surface area (Å²) in [4.78, 5) is 15.8. The Balaban J connectivity index is 1.66. The maximum atomic E-state index is 13.2. The van der Waals surface area contributed by atoms with Crippen LogP contribution in [0.15, 0.2) is 48.5 Å². The largest absolute Gasteiger partial charge is 0.497 e. The fraction of sp³-hybridized carbons (Fsp3) is 0.263. The third-order valence-corrected chi connectivity index (χ3v) is 4.10. The van der Waals surface area contributed by atoms with E-state index in [0.717, 1.165) is 15.9 Å². The van der Waals surface area contributed by atoms with Gasteiger partial charge in [-0.05, 0) is 36.2 Å². The van der Waals surface area contributed by atoms with Gasteiger partial charge in [-0.2, -0.15) is 13.2 Å². The molecule has 0 saturated carbocycles. The number of methoxy groups -OCH3 is 1. The van der Waals surface area contributed by atoms with Crippen LogP contribution in [-0.4, -0.2) is 29.1 Å². The molecule has 1 heterocycles. The fourth-order valence-electron chi connectivity index (χ4n) is 2.79. The highest BCUT2D eigenvalue weighted by atomic mass is 19.4. The van der Waals surface area contributed by atoms with Gasteiger partial charge in [0.2, 0.25) is 11.7 Å². The Bertz CT molecular complexity index is 934. The standard InChI is InChI=1S/C19H18F3N3O2/c1-27-14-8-6-13(7-9-14)10-11-23-17(26)12-25-16-5-3-2-4-15(16)24-18(25)19(20,21)22/h2-9H,10-12H2,1H3,(H,23,26). The average molecular weight is 377 g/mol. The van der Waals surface area contributed by atoms with Crippen molar-refractivity contribution in [1.82, 2.24) is 14.9 Å². The molecule has 0 aliphatic heterocycles. The summed E-state index contributed by atoms with van der Waals surface area (Å²) in [5, 5.41) is 2.66. The molecule has 0 radical (unpaired) electrons. The summed E-state index contributed by atoms with van der Waals surface area (Å²) in [5.41, 5.74) is 1.46. The fourth-order valence-corrected chi connectivity index (χ4v) is 2.79. The zero-order valence-corrected chi connectivity index (χ0v) is 14.6. The van der Waals surface area contributed by atoms with Crippen LogP contribution in [0.2, 0.25) is 0 Å². The van der Waals surface area contributed by atoms with Crippen LogP contribution in [0.5, 0.6) is 5.75 Å². The summed E-state index contributed by atoms with van der Waals surface area (Å²) in [6.07, 6.45) is -4.07. The molecule has 0 aliphatic carbocycles. The smallest absolute Gasteiger partial charge is 0.449 e. The molecule has 5 nitrogen and oxygen atoms in total. The van der Waals surface area contributed by atoms with Crippen LogP contribution in [0.3, 0.4) is 0 Å². The number of imidazole rings is 1. The number of benzene rings is 2. The van der Waals surface area contributed by atoms with Gasteiger partial charge in [-0.1, -0.05) is 24.3 Å². The molecule has 0 bridgehead atoms. The summed E-state index contributed by atoms with van der Waals surface area (Å²) >= 11 is 0. The Hall–Kier alpha value is -3.03. The number of nitrogens with one attached hydrogen (secondary N) is 1. The molecule has 2 aromatic carbocycles. The molecule has 0 fully saturated rings. The molecule has 1 aromatic heterocycles. The molecule has 142 valence electrons. The number of halogens is 3. The van der Waals surface area contributed by atoms with E-state index in [-0.39, 0.29) is 11.0 Å². The number of ether oxygens (including phenoxy) is 1. The topological polar surface area (TPSA) is 56.1 Å². The van der Waals surface area contributed by atoms with E-state index in [0.29, 0.717) is 13.0 Å². The molecule has 3 aromatic rings. The zero-order chi connectivity index (χ0) is 19.4. The molecular weight excluding hydrogens is 359 g/mol. The first-order valence-electron chi connectivity index (χ1n) is 8.30. The highest BCUT2D eigenvalue weighted by Crippen LogP contribution is 2.31. The monoisotopic (exact) mass is 377 g/mol. The van der Waals surface area contributed by atoms with Gasteiger partial charge in [-0.3, -0.25) is 4.79 Å². The Kier molecular flexibility index (Phi) is 5.34. The Morgan fingerprint density at radius 1 is 1.15 bits per heavy atom. The summed E-state index contributed by atoms with van der Waals surface area (Å²) in [5.74, 6) is -0.847. The Morgan fingerprint density at radius 2 is 1.85 bits per heavy atom. The van der Waals surface area contributed by atoms with Crippen LogP contribution < -0.4 is 10.1 Å². The maximum absolute atomic E-state index is 13.2. The van der Waals surface area contributed by atoms with Crippen LogP contribution in [0.1, 0.15) is 11.4 Å². The molecule has 0 unspecified atom stereocenters. The number of carbonyl (C=O) groups excluding carboxylic acids is 1. The molecule has 0 atom stereocenters. The van der Waals surface area contributed by atoms with Crippen LogP contribution >= 0.6 is 0 Å². The van der Waals surface area contributed by atoms with Gasteiger partial charge in [-0.25, -0.2) is 4.98 Å². The van der Waals surface area contributed by atoms with Crippen LogP contribution in [-0.2, 0) is 23.9 Å². The van der Waals surface area contributed by atoms with Gasteiger partial charge >= 0.3 is 6.18 Å². The van der Waals surface area contributed by atoms with E-state index < -0.39 is 24.5 Å². The highest BCUT2D eigenvalue weighted by molar-refractivity contribution is 5.81. The summed E-state index contributed by atoms with van der Waals surface area (Å²) in [7, 11) is 1.57.